The van der Waals surface area contributed by atoms with Gasteiger partial charge in [-0.1, -0.05) is 46.4 Å². The summed E-state index contributed by atoms with van der Waals surface area (Å²) in [5, 5.41) is 20.4. The number of rotatable bonds is 2. The summed E-state index contributed by atoms with van der Waals surface area (Å²) in [6, 6.07) is 4.77. The zero-order chi connectivity index (χ0) is 13.0. The quantitative estimate of drug-likeness (QED) is 0.492. The second-order valence-corrected chi connectivity index (χ2v) is 4.34. The number of halogens is 4. The summed E-state index contributed by atoms with van der Waals surface area (Å²) in [5.74, 6) is 0. The van der Waals surface area contributed by atoms with Crippen LogP contribution >= 0.6 is 46.4 Å². The summed E-state index contributed by atoms with van der Waals surface area (Å²) in [6.45, 7) is 0. The van der Waals surface area contributed by atoms with Crippen LogP contribution in [0.5, 0.6) is 0 Å². The summed E-state index contributed by atoms with van der Waals surface area (Å²) in [4.78, 5) is 0. The average molecular weight is 307 g/mol. The lowest BCUT2D eigenvalue weighted by atomic mass is 10.3. The normalized spacial score (nSPS) is 9.06. The zero-order valence-corrected chi connectivity index (χ0v) is 11.1. The van der Waals surface area contributed by atoms with Crippen molar-refractivity contribution in [2.75, 3.05) is 5.32 Å². The molecule has 0 aliphatic carbocycles. The van der Waals surface area contributed by atoms with Gasteiger partial charge in [-0.15, -0.1) is 0 Å². The molecule has 0 saturated carbocycles. The predicted molar refractivity (Wildman–Crippen MR) is 69.4 cm³/mol. The molecule has 0 aliphatic rings. The van der Waals surface area contributed by atoms with Gasteiger partial charge >= 0.3 is 0 Å². The van der Waals surface area contributed by atoms with Crippen molar-refractivity contribution in [3.63, 3.8) is 0 Å². The highest BCUT2D eigenvalue weighted by Gasteiger charge is 2.12. The maximum Gasteiger partial charge on any atom is 0.145 e. The highest BCUT2D eigenvalue weighted by Crippen LogP contribution is 2.40. The first kappa shape index (κ1) is 14.0. The number of hydrogen-bond acceptors (Lipinski definition) is 3. The number of allylic oxidation sites excluding steroid dienone is 1. The van der Waals surface area contributed by atoms with Gasteiger partial charge in [0.25, 0.3) is 0 Å². The SMILES string of the molecule is N#CC(C#N)=CNc1c(Cl)cc(Cl)c(Cl)c1Cl. The summed E-state index contributed by atoms with van der Waals surface area (Å²) in [7, 11) is 0. The van der Waals surface area contributed by atoms with Gasteiger partial charge in [0.15, 0.2) is 0 Å². The molecular weight excluding hydrogens is 304 g/mol. The molecule has 0 heterocycles. The third kappa shape index (κ3) is 3.19. The van der Waals surface area contributed by atoms with Crippen LogP contribution < -0.4 is 5.32 Å². The van der Waals surface area contributed by atoms with Gasteiger partial charge in [-0.2, -0.15) is 10.5 Å². The summed E-state index contributed by atoms with van der Waals surface area (Å²) < 4.78 is 0. The van der Waals surface area contributed by atoms with E-state index >= 15 is 0 Å². The first-order valence-corrected chi connectivity index (χ1v) is 5.62. The standard InChI is InChI=1S/C10H3Cl4N3/c11-6-1-7(12)10(9(14)8(6)13)17-4-5(2-15)3-16/h1,4,17H. The minimum Gasteiger partial charge on any atom is -0.357 e. The molecule has 17 heavy (non-hydrogen) atoms. The van der Waals surface area contributed by atoms with E-state index in [-0.39, 0.29) is 31.4 Å². The summed E-state index contributed by atoms with van der Waals surface area (Å²) in [5.41, 5.74) is 0.161. The van der Waals surface area contributed by atoms with Crippen LogP contribution in [-0.2, 0) is 0 Å². The van der Waals surface area contributed by atoms with E-state index in [2.05, 4.69) is 5.32 Å². The Hall–Kier alpha value is -1.10. The summed E-state index contributed by atoms with van der Waals surface area (Å²) in [6.07, 6.45) is 1.18. The Morgan fingerprint density at radius 2 is 1.65 bits per heavy atom. The van der Waals surface area contributed by atoms with E-state index in [1.54, 1.807) is 12.1 Å². The molecule has 1 rings (SSSR count). The van der Waals surface area contributed by atoms with Crippen LogP contribution in [0.4, 0.5) is 5.69 Å². The highest BCUT2D eigenvalue weighted by molar-refractivity contribution is 6.51. The van der Waals surface area contributed by atoms with E-state index in [0.717, 1.165) is 0 Å². The number of nitrogens with zero attached hydrogens (tertiary/aromatic N) is 2. The molecule has 0 radical (unpaired) electrons. The van der Waals surface area contributed by atoms with Crippen LogP contribution in [0.3, 0.4) is 0 Å². The second kappa shape index (κ2) is 6.00. The largest absolute Gasteiger partial charge is 0.357 e. The molecule has 0 unspecified atom stereocenters. The van der Waals surface area contributed by atoms with Gasteiger partial charge in [-0.25, -0.2) is 0 Å². The van der Waals surface area contributed by atoms with Crippen molar-refractivity contribution in [3.8, 4) is 12.1 Å². The third-order valence-electron chi connectivity index (χ3n) is 1.72. The lowest BCUT2D eigenvalue weighted by molar-refractivity contribution is 1.44. The van der Waals surface area contributed by atoms with Crippen LogP contribution in [0.2, 0.25) is 20.1 Å². The van der Waals surface area contributed by atoms with E-state index in [1.807, 2.05) is 0 Å². The minimum absolute atomic E-state index is 0.121. The Labute approximate surface area is 118 Å². The van der Waals surface area contributed by atoms with Gasteiger partial charge in [0.05, 0.1) is 25.8 Å². The molecule has 0 aliphatic heterocycles. The maximum atomic E-state index is 8.55. The first-order chi connectivity index (χ1) is 8.01. The number of nitriles is 2. The van der Waals surface area contributed by atoms with Gasteiger partial charge in [0, 0.05) is 6.20 Å². The predicted octanol–water partition coefficient (Wildman–Crippen LogP) is 4.64. The molecule has 3 nitrogen and oxygen atoms in total. The van der Waals surface area contributed by atoms with Gasteiger partial charge in [0.1, 0.15) is 17.7 Å². The van der Waals surface area contributed by atoms with Gasteiger partial charge in [0.2, 0.25) is 0 Å². The minimum atomic E-state index is -0.122. The van der Waals surface area contributed by atoms with Crippen molar-refractivity contribution in [1.29, 1.82) is 10.5 Å². The molecule has 0 spiro atoms. The first-order valence-electron chi connectivity index (χ1n) is 4.11. The molecule has 86 valence electrons. The van der Waals surface area contributed by atoms with Crippen LogP contribution in [-0.4, -0.2) is 0 Å². The fourth-order valence-corrected chi connectivity index (χ4v) is 1.95. The van der Waals surface area contributed by atoms with Gasteiger partial charge in [-0.3, -0.25) is 0 Å². The number of nitrogens with one attached hydrogen (secondary N) is 1. The Kier molecular flexibility index (Phi) is 4.93. The average Bonchev–Trinajstić information content (AvgIpc) is 2.31. The molecule has 7 heteroatoms. The lowest BCUT2D eigenvalue weighted by Crippen LogP contribution is -1.93. The molecule has 1 aromatic rings. The van der Waals surface area contributed by atoms with Crippen molar-refractivity contribution >= 4 is 52.1 Å². The van der Waals surface area contributed by atoms with Gasteiger partial charge in [-0.05, 0) is 6.07 Å². The number of anilines is 1. The Balaban J connectivity index is 3.18. The highest BCUT2D eigenvalue weighted by atomic mass is 35.5. The molecule has 0 fully saturated rings. The molecule has 0 atom stereocenters. The van der Waals surface area contributed by atoms with E-state index < -0.39 is 0 Å². The molecule has 0 saturated heterocycles. The number of benzene rings is 1. The Morgan fingerprint density at radius 1 is 1.06 bits per heavy atom. The van der Waals surface area contributed by atoms with Crippen LogP contribution in [0.1, 0.15) is 0 Å². The van der Waals surface area contributed by atoms with Crippen molar-refractivity contribution in [2.45, 2.75) is 0 Å². The van der Waals surface area contributed by atoms with E-state index in [1.165, 1.54) is 12.3 Å². The van der Waals surface area contributed by atoms with Gasteiger partial charge < -0.3 is 5.32 Å². The molecule has 0 amide bonds. The second-order valence-electron chi connectivity index (χ2n) is 2.77. The molecular formula is C10H3Cl4N3. The van der Waals surface area contributed by atoms with E-state index in [4.69, 9.17) is 56.9 Å². The fraction of sp³-hybridized carbons (Fsp3) is 0. The summed E-state index contributed by atoms with van der Waals surface area (Å²) >= 11 is 23.4. The van der Waals surface area contributed by atoms with E-state index in [0.29, 0.717) is 0 Å². The van der Waals surface area contributed by atoms with Crippen LogP contribution in [0, 0.1) is 22.7 Å². The molecule has 0 aromatic heterocycles. The van der Waals surface area contributed by atoms with Crippen molar-refractivity contribution in [2.24, 2.45) is 0 Å². The maximum absolute atomic E-state index is 8.55. The molecule has 1 aromatic carbocycles. The van der Waals surface area contributed by atoms with Crippen LogP contribution in [0.25, 0.3) is 0 Å². The fourth-order valence-electron chi connectivity index (χ4n) is 0.932. The zero-order valence-electron chi connectivity index (χ0n) is 8.06. The van der Waals surface area contributed by atoms with Crippen LogP contribution in [0.15, 0.2) is 17.8 Å². The Bertz CT molecular complexity index is 550. The monoisotopic (exact) mass is 305 g/mol. The third-order valence-corrected chi connectivity index (χ3v) is 3.28. The van der Waals surface area contributed by atoms with Crippen molar-refractivity contribution < 1.29 is 0 Å². The van der Waals surface area contributed by atoms with Crippen molar-refractivity contribution in [1.82, 2.24) is 0 Å². The lowest BCUT2D eigenvalue weighted by Gasteiger charge is -2.09. The number of hydrogen-bond donors (Lipinski definition) is 1. The molecule has 0 bridgehead atoms. The molecule has 1 N–H and O–H groups in total. The topological polar surface area (TPSA) is 59.6 Å². The van der Waals surface area contributed by atoms with Crippen molar-refractivity contribution in [3.05, 3.63) is 37.9 Å². The Morgan fingerprint density at radius 3 is 2.18 bits per heavy atom. The van der Waals surface area contributed by atoms with E-state index in [9.17, 15) is 0 Å². The smallest absolute Gasteiger partial charge is 0.145 e.